The average Bonchev–Trinajstić information content (AvgIpc) is 3.31. The number of anilines is 1. The summed E-state index contributed by atoms with van der Waals surface area (Å²) in [7, 11) is 0. The van der Waals surface area contributed by atoms with E-state index < -0.39 is 17.2 Å². The van der Waals surface area contributed by atoms with E-state index in [9.17, 15) is 18.0 Å². The molecule has 120 valence electrons. The van der Waals surface area contributed by atoms with Crippen LogP contribution in [0.25, 0.3) is 0 Å². The Labute approximate surface area is 136 Å². The third kappa shape index (κ3) is 3.06. The molecule has 1 fully saturated rings. The zero-order valence-corrected chi connectivity index (χ0v) is 12.7. The molecule has 0 radical (unpaired) electrons. The van der Waals surface area contributed by atoms with E-state index in [4.69, 9.17) is 11.6 Å². The van der Waals surface area contributed by atoms with Gasteiger partial charge < -0.3 is 5.32 Å². The van der Waals surface area contributed by atoms with Gasteiger partial charge in [0, 0.05) is 0 Å². The molecule has 2 aromatic rings. The molecule has 3 rings (SSSR count). The van der Waals surface area contributed by atoms with Crippen molar-refractivity contribution in [3.8, 4) is 0 Å². The van der Waals surface area contributed by atoms with Gasteiger partial charge in [-0.2, -0.15) is 13.2 Å². The summed E-state index contributed by atoms with van der Waals surface area (Å²) in [5.41, 5.74) is -0.671. The highest BCUT2D eigenvalue weighted by Gasteiger charge is 2.51. The van der Waals surface area contributed by atoms with E-state index >= 15 is 0 Å². The second-order valence-electron chi connectivity index (χ2n) is 5.59. The van der Waals surface area contributed by atoms with Crippen molar-refractivity contribution in [2.24, 2.45) is 0 Å². The Morgan fingerprint density at radius 2 is 1.74 bits per heavy atom. The van der Waals surface area contributed by atoms with Crippen LogP contribution in [0.5, 0.6) is 0 Å². The first-order chi connectivity index (χ1) is 10.8. The van der Waals surface area contributed by atoms with Gasteiger partial charge in [-0.1, -0.05) is 41.9 Å². The van der Waals surface area contributed by atoms with Crippen molar-refractivity contribution in [1.29, 1.82) is 0 Å². The molecule has 0 aromatic heterocycles. The van der Waals surface area contributed by atoms with Gasteiger partial charge in [0.15, 0.2) is 0 Å². The van der Waals surface area contributed by atoms with Gasteiger partial charge >= 0.3 is 6.18 Å². The summed E-state index contributed by atoms with van der Waals surface area (Å²) < 4.78 is 38.4. The summed E-state index contributed by atoms with van der Waals surface area (Å²) >= 11 is 5.92. The molecular formula is C17H13ClF3NO. The fourth-order valence-electron chi connectivity index (χ4n) is 2.57. The largest absolute Gasteiger partial charge is 0.416 e. The minimum Gasteiger partial charge on any atom is -0.324 e. The highest BCUT2D eigenvalue weighted by Crippen LogP contribution is 2.49. The third-order valence-corrected chi connectivity index (χ3v) is 4.38. The molecule has 0 atom stereocenters. The lowest BCUT2D eigenvalue weighted by Crippen LogP contribution is -2.28. The number of nitrogens with one attached hydrogen (secondary N) is 1. The zero-order chi connectivity index (χ0) is 16.7. The molecule has 1 saturated carbocycles. The van der Waals surface area contributed by atoms with Crippen molar-refractivity contribution < 1.29 is 18.0 Å². The first-order valence-corrected chi connectivity index (χ1v) is 7.44. The van der Waals surface area contributed by atoms with Gasteiger partial charge in [0.1, 0.15) is 0 Å². The van der Waals surface area contributed by atoms with Crippen LogP contribution in [-0.4, -0.2) is 5.91 Å². The maximum atomic E-state index is 12.8. The molecule has 1 aliphatic rings. The molecule has 0 heterocycles. The van der Waals surface area contributed by atoms with Crippen LogP contribution >= 0.6 is 11.6 Å². The lowest BCUT2D eigenvalue weighted by molar-refractivity contribution is -0.137. The Bertz CT molecular complexity index is 739. The maximum Gasteiger partial charge on any atom is 0.416 e. The summed E-state index contributed by atoms with van der Waals surface area (Å²) in [4.78, 5) is 12.6. The van der Waals surface area contributed by atoms with Crippen molar-refractivity contribution in [2.75, 3.05) is 5.32 Å². The molecule has 2 aromatic carbocycles. The number of amides is 1. The number of alkyl halides is 3. The lowest BCUT2D eigenvalue weighted by Gasteiger charge is -2.17. The highest BCUT2D eigenvalue weighted by atomic mass is 35.5. The normalized spacial score (nSPS) is 16.0. The molecule has 0 bridgehead atoms. The molecule has 1 aliphatic carbocycles. The van der Waals surface area contributed by atoms with E-state index in [2.05, 4.69) is 5.32 Å². The number of halogens is 4. The quantitative estimate of drug-likeness (QED) is 0.835. The minimum absolute atomic E-state index is 0.0197. The Morgan fingerprint density at radius 3 is 2.30 bits per heavy atom. The van der Waals surface area contributed by atoms with Crippen molar-refractivity contribution in [3.63, 3.8) is 0 Å². The van der Waals surface area contributed by atoms with Gasteiger partial charge in [0.2, 0.25) is 5.91 Å². The number of rotatable bonds is 3. The molecule has 0 aliphatic heterocycles. The summed E-state index contributed by atoms with van der Waals surface area (Å²) in [5.74, 6) is -0.329. The monoisotopic (exact) mass is 339 g/mol. The number of hydrogen-bond donors (Lipinski definition) is 1. The standard InChI is InChI=1S/C17H13ClF3NO/c18-13-7-6-12(17(19,20)21)10-14(13)22-15(23)16(8-9-16)11-4-2-1-3-5-11/h1-7,10H,8-9H2,(H,22,23). The second-order valence-corrected chi connectivity index (χ2v) is 6.00. The van der Waals surface area contributed by atoms with Crippen molar-refractivity contribution in [1.82, 2.24) is 0 Å². The van der Waals surface area contributed by atoms with Crippen LogP contribution in [0.4, 0.5) is 18.9 Å². The van der Waals surface area contributed by atoms with Gasteiger partial charge in [-0.15, -0.1) is 0 Å². The van der Waals surface area contributed by atoms with E-state index in [-0.39, 0.29) is 16.6 Å². The van der Waals surface area contributed by atoms with E-state index in [0.717, 1.165) is 23.8 Å². The third-order valence-electron chi connectivity index (χ3n) is 4.05. The van der Waals surface area contributed by atoms with Crippen LogP contribution in [0, 0.1) is 0 Å². The Morgan fingerprint density at radius 1 is 1.09 bits per heavy atom. The number of carbonyl (C=O) groups is 1. The summed E-state index contributed by atoms with van der Waals surface area (Å²) in [6.45, 7) is 0. The predicted octanol–water partition coefficient (Wildman–Crippen LogP) is 5.03. The number of hydrogen-bond acceptors (Lipinski definition) is 1. The smallest absolute Gasteiger partial charge is 0.324 e. The molecule has 0 spiro atoms. The fourth-order valence-corrected chi connectivity index (χ4v) is 2.73. The van der Waals surface area contributed by atoms with Gasteiger partial charge in [0.05, 0.1) is 21.7 Å². The number of carbonyl (C=O) groups excluding carboxylic acids is 1. The molecule has 0 unspecified atom stereocenters. The highest BCUT2D eigenvalue weighted by molar-refractivity contribution is 6.33. The number of benzene rings is 2. The SMILES string of the molecule is O=C(Nc1cc(C(F)(F)F)ccc1Cl)C1(c2ccccc2)CC1. The maximum absolute atomic E-state index is 12.8. The Hall–Kier alpha value is -2.01. The van der Waals surface area contributed by atoms with Gasteiger partial charge in [-0.3, -0.25) is 4.79 Å². The van der Waals surface area contributed by atoms with E-state index in [1.54, 1.807) is 0 Å². The zero-order valence-electron chi connectivity index (χ0n) is 12.0. The Balaban J connectivity index is 1.87. The first kappa shape index (κ1) is 15.9. The van der Waals surface area contributed by atoms with E-state index in [1.807, 2.05) is 30.3 Å². The molecule has 6 heteroatoms. The Kier molecular flexibility index (Phi) is 3.84. The van der Waals surface area contributed by atoms with Gasteiger partial charge in [0.25, 0.3) is 0 Å². The molecule has 0 saturated heterocycles. The molecule has 2 nitrogen and oxygen atoms in total. The topological polar surface area (TPSA) is 29.1 Å². The van der Waals surface area contributed by atoms with Crippen molar-refractivity contribution >= 4 is 23.2 Å². The molecule has 23 heavy (non-hydrogen) atoms. The fraction of sp³-hybridized carbons (Fsp3) is 0.235. The van der Waals surface area contributed by atoms with Crippen LogP contribution < -0.4 is 5.32 Å². The molecule has 1 N–H and O–H groups in total. The predicted molar refractivity (Wildman–Crippen MR) is 82.4 cm³/mol. The van der Waals surface area contributed by atoms with Crippen LogP contribution in [0.2, 0.25) is 5.02 Å². The molecule has 1 amide bonds. The average molecular weight is 340 g/mol. The van der Waals surface area contributed by atoms with Gasteiger partial charge in [-0.25, -0.2) is 0 Å². The minimum atomic E-state index is -4.49. The van der Waals surface area contributed by atoms with E-state index in [0.29, 0.717) is 12.8 Å². The van der Waals surface area contributed by atoms with Crippen molar-refractivity contribution in [2.45, 2.75) is 24.4 Å². The first-order valence-electron chi connectivity index (χ1n) is 7.07. The summed E-state index contributed by atoms with van der Waals surface area (Å²) in [6, 6.07) is 12.1. The van der Waals surface area contributed by atoms with Crippen LogP contribution in [0.3, 0.4) is 0 Å². The van der Waals surface area contributed by atoms with Crippen LogP contribution in [0.1, 0.15) is 24.0 Å². The van der Waals surface area contributed by atoms with Crippen molar-refractivity contribution in [3.05, 3.63) is 64.7 Å². The summed E-state index contributed by atoms with van der Waals surface area (Å²) in [6.07, 6.45) is -3.15. The van der Waals surface area contributed by atoms with Crippen LogP contribution in [0.15, 0.2) is 48.5 Å². The second kappa shape index (κ2) is 5.57. The van der Waals surface area contributed by atoms with E-state index in [1.165, 1.54) is 0 Å². The summed E-state index contributed by atoms with van der Waals surface area (Å²) in [5, 5.41) is 2.63. The van der Waals surface area contributed by atoms with Gasteiger partial charge in [-0.05, 0) is 36.6 Å². The molecular weight excluding hydrogens is 327 g/mol. The van der Waals surface area contributed by atoms with Crippen LogP contribution in [-0.2, 0) is 16.4 Å². The lowest BCUT2D eigenvalue weighted by atomic mass is 9.95.